The lowest BCUT2D eigenvalue weighted by molar-refractivity contribution is 0.0986. The second-order valence-electron chi connectivity index (χ2n) is 6.64. The van der Waals surface area contributed by atoms with E-state index in [1.54, 1.807) is 4.90 Å². The van der Waals surface area contributed by atoms with Crippen molar-refractivity contribution in [3.8, 4) is 0 Å². The molecule has 3 aromatic rings. The first kappa shape index (κ1) is 16.5. The minimum Gasteiger partial charge on any atom is -0.357 e. The molecule has 5 nitrogen and oxygen atoms in total. The van der Waals surface area contributed by atoms with Crippen LogP contribution in [0.5, 0.6) is 0 Å². The van der Waals surface area contributed by atoms with Gasteiger partial charge in [-0.3, -0.25) is 9.69 Å². The smallest absolute Gasteiger partial charge is 0.259 e. The van der Waals surface area contributed by atoms with Gasteiger partial charge >= 0.3 is 0 Å². The van der Waals surface area contributed by atoms with Gasteiger partial charge in [0.1, 0.15) is 0 Å². The minimum absolute atomic E-state index is 0.0196. The van der Waals surface area contributed by atoms with E-state index in [9.17, 15) is 4.79 Å². The molecule has 0 saturated carbocycles. The molecular weight excluding hydrogens is 324 g/mol. The molecule has 132 valence electrons. The minimum atomic E-state index is -0.0196. The summed E-state index contributed by atoms with van der Waals surface area (Å²) >= 11 is 0. The van der Waals surface area contributed by atoms with E-state index in [1.807, 2.05) is 55.6 Å². The fraction of sp³-hybridized carbons (Fsp3) is 0.286. The van der Waals surface area contributed by atoms with Gasteiger partial charge in [0.15, 0.2) is 11.6 Å². The van der Waals surface area contributed by atoms with Gasteiger partial charge in [-0.25, -0.2) is 9.97 Å². The highest BCUT2D eigenvalue weighted by molar-refractivity contribution is 6.07. The lowest BCUT2D eigenvalue weighted by atomic mass is 10.1. The van der Waals surface area contributed by atoms with Crippen LogP contribution >= 0.6 is 0 Å². The van der Waals surface area contributed by atoms with Crippen LogP contribution in [0.1, 0.15) is 29.3 Å². The van der Waals surface area contributed by atoms with Gasteiger partial charge in [-0.2, -0.15) is 0 Å². The Morgan fingerprint density at radius 2 is 1.62 bits per heavy atom. The zero-order valence-electron chi connectivity index (χ0n) is 15.1. The van der Waals surface area contributed by atoms with E-state index in [2.05, 4.69) is 11.8 Å². The molecule has 1 aliphatic rings. The Kier molecular flexibility index (Phi) is 4.29. The van der Waals surface area contributed by atoms with E-state index in [1.165, 1.54) is 5.56 Å². The van der Waals surface area contributed by atoms with Crippen LogP contribution in [-0.2, 0) is 6.42 Å². The van der Waals surface area contributed by atoms with E-state index in [4.69, 9.17) is 9.97 Å². The van der Waals surface area contributed by atoms with Crippen LogP contribution in [0.3, 0.4) is 0 Å². The zero-order valence-corrected chi connectivity index (χ0v) is 15.1. The number of para-hydroxylation sites is 2. The highest BCUT2D eigenvalue weighted by atomic mass is 16.2. The van der Waals surface area contributed by atoms with Gasteiger partial charge in [-0.05, 0) is 42.7 Å². The predicted octanol–water partition coefficient (Wildman–Crippen LogP) is 3.68. The van der Waals surface area contributed by atoms with Crippen LogP contribution in [0.4, 0.5) is 11.6 Å². The summed E-state index contributed by atoms with van der Waals surface area (Å²) in [5, 5.41) is 0. The Hall–Kier alpha value is -2.95. The number of aromatic nitrogens is 2. The molecule has 4 rings (SSSR count). The summed E-state index contributed by atoms with van der Waals surface area (Å²) in [4.78, 5) is 26.6. The topological polar surface area (TPSA) is 49.3 Å². The Morgan fingerprint density at radius 3 is 2.27 bits per heavy atom. The third-order valence-electron chi connectivity index (χ3n) is 4.88. The first-order valence-corrected chi connectivity index (χ1v) is 9.06. The van der Waals surface area contributed by atoms with E-state index in [0.717, 1.165) is 36.2 Å². The number of carbonyl (C=O) groups excluding carboxylic acids is 1. The standard InChI is InChI=1S/C21H22N4O/c1-3-15-9-11-16(12-10-15)21(26)25-14-6-13-24(2)19-20(25)23-18-8-5-4-7-17(18)22-19/h4-5,7-12H,3,6,13-14H2,1-2H3. The number of benzene rings is 2. The summed E-state index contributed by atoms with van der Waals surface area (Å²) in [6.45, 7) is 3.59. The fourth-order valence-corrected chi connectivity index (χ4v) is 3.33. The first-order valence-electron chi connectivity index (χ1n) is 9.06. The van der Waals surface area contributed by atoms with Crippen LogP contribution in [-0.4, -0.2) is 36.0 Å². The maximum atomic E-state index is 13.2. The molecule has 0 aliphatic carbocycles. The number of amides is 1. The molecule has 2 heterocycles. The Labute approximate surface area is 153 Å². The summed E-state index contributed by atoms with van der Waals surface area (Å²) in [7, 11) is 2.01. The molecule has 5 heteroatoms. The van der Waals surface area contributed by atoms with Crippen LogP contribution in [0, 0.1) is 0 Å². The first-order chi connectivity index (χ1) is 12.7. The maximum Gasteiger partial charge on any atom is 0.259 e. The molecule has 1 aromatic heterocycles. The summed E-state index contributed by atoms with van der Waals surface area (Å²) in [6, 6.07) is 15.6. The van der Waals surface area contributed by atoms with Gasteiger partial charge in [0.05, 0.1) is 11.0 Å². The van der Waals surface area contributed by atoms with Crippen molar-refractivity contribution in [3.63, 3.8) is 0 Å². The van der Waals surface area contributed by atoms with E-state index >= 15 is 0 Å². The van der Waals surface area contributed by atoms with Gasteiger partial charge < -0.3 is 4.90 Å². The molecule has 0 bridgehead atoms. The fourth-order valence-electron chi connectivity index (χ4n) is 3.33. The van der Waals surface area contributed by atoms with Crippen LogP contribution in [0.25, 0.3) is 11.0 Å². The number of hydrogen-bond acceptors (Lipinski definition) is 4. The summed E-state index contributed by atoms with van der Waals surface area (Å²) < 4.78 is 0. The van der Waals surface area contributed by atoms with Crippen molar-refractivity contribution in [3.05, 3.63) is 59.7 Å². The number of aryl methyl sites for hydroxylation is 1. The van der Waals surface area contributed by atoms with Crippen molar-refractivity contribution in [1.29, 1.82) is 0 Å². The number of anilines is 2. The zero-order chi connectivity index (χ0) is 18.1. The summed E-state index contributed by atoms with van der Waals surface area (Å²) in [6.07, 6.45) is 1.84. The van der Waals surface area contributed by atoms with Gasteiger partial charge in [-0.15, -0.1) is 0 Å². The molecule has 2 aromatic carbocycles. The molecule has 1 aliphatic heterocycles. The van der Waals surface area contributed by atoms with Crippen molar-refractivity contribution in [2.75, 3.05) is 29.9 Å². The highest BCUT2D eigenvalue weighted by Crippen LogP contribution is 2.31. The van der Waals surface area contributed by atoms with Crippen molar-refractivity contribution in [1.82, 2.24) is 9.97 Å². The lowest BCUT2D eigenvalue weighted by Crippen LogP contribution is -2.32. The van der Waals surface area contributed by atoms with Gasteiger partial charge in [-0.1, -0.05) is 31.2 Å². The second-order valence-corrected chi connectivity index (χ2v) is 6.64. The van der Waals surface area contributed by atoms with Crippen molar-refractivity contribution in [2.45, 2.75) is 19.8 Å². The molecule has 0 N–H and O–H groups in total. The molecule has 0 radical (unpaired) electrons. The molecule has 0 fully saturated rings. The molecule has 0 saturated heterocycles. The van der Waals surface area contributed by atoms with Crippen LogP contribution < -0.4 is 9.80 Å². The average molecular weight is 346 g/mol. The van der Waals surface area contributed by atoms with E-state index < -0.39 is 0 Å². The van der Waals surface area contributed by atoms with Crippen molar-refractivity contribution >= 4 is 28.6 Å². The number of rotatable bonds is 2. The van der Waals surface area contributed by atoms with Gasteiger partial charge in [0.2, 0.25) is 0 Å². The van der Waals surface area contributed by atoms with Gasteiger partial charge in [0, 0.05) is 25.7 Å². The Bertz CT molecular complexity index is 952. The van der Waals surface area contributed by atoms with E-state index in [0.29, 0.717) is 17.9 Å². The number of nitrogens with zero attached hydrogens (tertiary/aromatic N) is 4. The summed E-state index contributed by atoms with van der Waals surface area (Å²) in [5.74, 6) is 1.39. The van der Waals surface area contributed by atoms with Crippen molar-refractivity contribution in [2.24, 2.45) is 0 Å². The monoisotopic (exact) mass is 346 g/mol. The van der Waals surface area contributed by atoms with E-state index in [-0.39, 0.29) is 5.91 Å². The Morgan fingerprint density at radius 1 is 0.962 bits per heavy atom. The highest BCUT2D eigenvalue weighted by Gasteiger charge is 2.27. The molecule has 0 spiro atoms. The van der Waals surface area contributed by atoms with Crippen LogP contribution in [0.15, 0.2) is 48.5 Å². The number of hydrogen-bond donors (Lipinski definition) is 0. The molecule has 0 unspecified atom stereocenters. The van der Waals surface area contributed by atoms with Crippen molar-refractivity contribution < 1.29 is 4.79 Å². The molecule has 0 atom stereocenters. The molecule has 1 amide bonds. The normalized spacial score (nSPS) is 14.2. The SMILES string of the molecule is CCc1ccc(C(=O)N2CCCN(C)c3nc4ccccc4nc32)cc1. The maximum absolute atomic E-state index is 13.2. The lowest BCUT2D eigenvalue weighted by Gasteiger charge is -2.23. The number of carbonyl (C=O) groups is 1. The van der Waals surface area contributed by atoms with Gasteiger partial charge in [0.25, 0.3) is 5.91 Å². The summed E-state index contributed by atoms with van der Waals surface area (Å²) in [5.41, 5.74) is 3.57. The number of fused-ring (bicyclic) bond motifs is 2. The Balaban J connectivity index is 1.80. The predicted molar refractivity (Wildman–Crippen MR) is 105 cm³/mol. The third kappa shape index (κ3) is 2.90. The third-order valence-corrected chi connectivity index (χ3v) is 4.88. The average Bonchev–Trinajstić information content (AvgIpc) is 2.85. The molecular formula is C21H22N4O. The van der Waals surface area contributed by atoms with Crippen LogP contribution in [0.2, 0.25) is 0 Å². The quantitative estimate of drug-likeness (QED) is 0.710. The second kappa shape index (κ2) is 6.75. The molecule has 26 heavy (non-hydrogen) atoms. The largest absolute Gasteiger partial charge is 0.357 e.